The van der Waals surface area contributed by atoms with Gasteiger partial charge < -0.3 is 4.57 Å². The highest BCUT2D eigenvalue weighted by Crippen LogP contribution is 2.11. The van der Waals surface area contributed by atoms with Gasteiger partial charge >= 0.3 is 5.69 Å². The van der Waals surface area contributed by atoms with Crippen molar-refractivity contribution in [1.29, 1.82) is 5.26 Å². The number of rotatable bonds is 2. The fourth-order valence-electron chi connectivity index (χ4n) is 2.00. The number of fused-ring (bicyclic) bond motifs is 1. The molecule has 0 bridgehead atoms. The Kier molecular flexibility index (Phi) is 2.79. The topological polar surface area (TPSA) is 85.6 Å². The van der Waals surface area contributed by atoms with Gasteiger partial charge in [0.1, 0.15) is 12.4 Å². The predicted octanol–water partition coefficient (Wildman–Crippen LogP) is -0.480. The van der Waals surface area contributed by atoms with Gasteiger partial charge in [-0.15, -0.1) is 0 Å². The first-order valence-electron chi connectivity index (χ1n) is 5.55. The molecule has 0 aromatic carbocycles. The number of imidazole rings is 1. The third-order valence-corrected chi connectivity index (χ3v) is 2.97. The van der Waals surface area contributed by atoms with Crippen molar-refractivity contribution in [3.8, 4) is 6.07 Å². The van der Waals surface area contributed by atoms with Crippen molar-refractivity contribution in [2.24, 2.45) is 14.1 Å². The third-order valence-electron chi connectivity index (χ3n) is 2.97. The Balaban J connectivity index is 3.06. The molecule has 0 aliphatic heterocycles. The summed E-state index contributed by atoms with van der Waals surface area (Å²) in [5, 5.41) is 8.83. The van der Waals surface area contributed by atoms with E-state index in [4.69, 9.17) is 5.26 Å². The molecule has 0 unspecified atom stereocenters. The first kappa shape index (κ1) is 12.1. The molecule has 7 nitrogen and oxygen atoms in total. The number of nitriles is 1. The Morgan fingerprint density at radius 1 is 1.28 bits per heavy atom. The molecule has 0 fully saturated rings. The normalized spacial score (nSPS) is 10.8. The molecule has 18 heavy (non-hydrogen) atoms. The van der Waals surface area contributed by atoms with Crippen LogP contribution in [-0.4, -0.2) is 18.7 Å². The average Bonchev–Trinajstić information content (AvgIpc) is 2.73. The van der Waals surface area contributed by atoms with Crippen LogP contribution in [0.4, 0.5) is 0 Å². The van der Waals surface area contributed by atoms with Gasteiger partial charge in [-0.25, -0.2) is 9.78 Å². The van der Waals surface area contributed by atoms with Crippen molar-refractivity contribution >= 4 is 11.2 Å². The Hall–Kier alpha value is -2.36. The zero-order valence-corrected chi connectivity index (χ0v) is 10.5. The van der Waals surface area contributed by atoms with Gasteiger partial charge in [-0.2, -0.15) is 5.26 Å². The maximum absolute atomic E-state index is 12.1. The van der Waals surface area contributed by atoms with Gasteiger partial charge in [-0.05, 0) is 0 Å². The first-order chi connectivity index (χ1) is 8.52. The lowest BCUT2D eigenvalue weighted by molar-refractivity contribution is 0.702. The van der Waals surface area contributed by atoms with E-state index in [0.29, 0.717) is 23.4 Å². The molecule has 2 rings (SSSR count). The van der Waals surface area contributed by atoms with E-state index in [1.165, 1.54) is 11.6 Å². The summed E-state index contributed by atoms with van der Waals surface area (Å²) in [6.45, 7) is 1.94. The van der Waals surface area contributed by atoms with Gasteiger partial charge in [-0.3, -0.25) is 13.9 Å². The van der Waals surface area contributed by atoms with E-state index in [9.17, 15) is 9.59 Å². The second-order valence-electron chi connectivity index (χ2n) is 4.00. The second-order valence-corrected chi connectivity index (χ2v) is 4.00. The molecule has 0 spiro atoms. The molecule has 2 aromatic heterocycles. The summed E-state index contributed by atoms with van der Waals surface area (Å²) in [5.74, 6) is 0.629. The molecule has 0 amide bonds. The molecular formula is C11H13N5O2. The van der Waals surface area contributed by atoms with Crippen LogP contribution in [0.25, 0.3) is 11.2 Å². The molecular weight excluding hydrogens is 234 g/mol. The average molecular weight is 247 g/mol. The smallest absolute Gasteiger partial charge is 0.308 e. The Labute approximate surface area is 103 Å². The summed E-state index contributed by atoms with van der Waals surface area (Å²) in [6.07, 6.45) is 0.591. The SMILES string of the molecule is CCc1nc2c(c(=O)n(C)c(=O)n2C)n1CC#N. The predicted molar refractivity (Wildman–Crippen MR) is 65.2 cm³/mol. The second kappa shape index (κ2) is 4.14. The summed E-state index contributed by atoms with van der Waals surface area (Å²) in [6, 6.07) is 2.01. The van der Waals surface area contributed by atoms with Crippen LogP contribution in [0.3, 0.4) is 0 Å². The van der Waals surface area contributed by atoms with Crippen LogP contribution in [0.15, 0.2) is 9.59 Å². The fraction of sp³-hybridized carbons (Fsp3) is 0.455. The lowest BCUT2D eigenvalue weighted by atomic mass is 10.4. The minimum atomic E-state index is -0.421. The first-order valence-corrected chi connectivity index (χ1v) is 5.55. The summed E-state index contributed by atoms with van der Waals surface area (Å²) >= 11 is 0. The molecule has 0 aliphatic rings. The van der Waals surface area contributed by atoms with Gasteiger partial charge in [-0.1, -0.05) is 6.92 Å². The van der Waals surface area contributed by atoms with Crippen molar-refractivity contribution in [2.75, 3.05) is 0 Å². The molecule has 0 N–H and O–H groups in total. The van der Waals surface area contributed by atoms with Crippen LogP contribution >= 0.6 is 0 Å². The Morgan fingerprint density at radius 3 is 2.50 bits per heavy atom. The highest BCUT2D eigenvalue weighted by molar-refractivity contribution is 5.71. The minimum Gasteiger partial charge on any atom is -0.308 e. The van der Waals surface area contributed by atoms with Crippen molar-refractivity contribution in [2.45, 2.75) is 19.9 Å². The van der Waals surface area contributed by atoms with Crippen LogP contribution in [0.1, 0.15) is 12.7 Å². The standard InChI is InChI=1S/C11H13N5O2/c1-4-7-13-9-8(16(7)6-5-12)10(17)15(3)11(18)14(9)2/h4,6H2,1-3H3. The quantitative estimate of drug-likeness (QED) is 0.717. The van der Waals surface area contributed by atoms with Gasteiger partial charge in [0.2, 0.25) is 0 Å². The highest BCUT2D eigenvalue weighted by Gasteiger charge is 2.17. The zero-order valence-electron chi connectivity index (χ0n) is 10.5. The Morgan fingerprint density at radius 2 is 1.94 bits per heavy atom. The summed E-state index contributed by atoms with van der Waals surface area (Å²) in [7, 11) is 2.98. The van der Waals surface area contributed by atoms with Crippen LogP contribution in [0.2, 0.25) is 0 Å². The molecule has 0 saturated carbocycles. The van der Waals surface area contributed by atoms with Crippen molar-refractivity contribution in [1.82, 2.24) is 18.7 Å². The summed E-state index contributed by atoms with van der Waals surface area (Å²) in [4.78, 5) is 28.2. The number of aromatic nitrogens is 4. The molecule has 0 saturated heterocycles. The van der Waals surface area contributed by atoms with Crippen molar-refractivity contribution in [3.63, 3.8) is 0 Å². The van der Waals surface area contributed by atoms with E-state index in [-0.39, 0.29) is 6.54 Å². The van der Waals surface area contributed by atoms with E-state index in [0.717, 1.165) is 4.57 Å². The largest absolute Gasteiger partial charge is 0.332 e. The summed E-state index contributed by atoms with van der Waals surface area (Å²) in [5.41, 5.74) is -0.208. The van der Waals surface area contributed by atoms with Crippen LogP contribution in [0.5, 0.6) is 0 Å². The van der Waals surface area contributed by atoms with E-state index in [1.54, 1.807) is 11.6 Å². The van der Waals surface area contributed by atoms with Crippen molar-refractivity contribution in [3.05, 3.63) is 26.7 Å². The van der Waals surface area contributed by atoms with E-state index >= 15 is 0 Å². The van der Waals surface area contributed by atoms with Crippen LogP contribution in [0, 0.1) is 11.3 Å². The maximum Gasteiger partial charge on any atom is 0.332 e. The van der Waals surface area contributed by atoms with E-state index in [2.05, 4.69) is 4.98 Å². The molecule has 0 aliphatic carbocycles. The lowest BCUT2D eigenvalue weighted by Crippen LogP contribution is -2.37. The molecule has 2 heterocycles. The monoisotopic (exact) mass is 247 g/mol. The van der Waals surface area contributed by atoms with Crippen LogP contribution in [-0.2, 0) is 27.1 Å². The number of hydrogen-bond donors (Lipinski definition) is 0. The lowest BCUT2D eigenvalue weighted by Gasteiger charge is -2.04. The molecule has 94 valence electrons. The van der Waals surface area contributed by atoms with Crippen LogP contribution < -0.4 is 11.2 Å². The number of hydrogen-bond acceptors (Lipinski definition) is 4. The Bertz CT molecular complexity index is 772. The highest BCUT2D eigenvalue weighted by atomic mass is 16.2. The third kappa shape index (κ3) is 1.46. The van der Waals surface area contributed by atoms with Gasteiger partial charge in [0, 0.05) is 20.5 Å². The number of aryl methyl sites for hydroxylation is 2. The molecule has 0 atom stereocenters. The fourth-order valence-corrected chi connectivity index (χ4v) is 2.00. The van der Waals surface area contributed by atoms with Gasteiger partial charge in [0.05, 0.1) is 6.07 Å². The minimum absolute atomic E-state index is 0.0487. The molecule has 0 radical (unpaired) electrons. The molecule has 2 aromatic rings. The maximum atomic E-state index is 12.1. The molecule has 7 heteroatoms. The van der Waals surface area contributed by atoms with E-state index < -0.39 is 11.2 Å². The number of nitrogens with zero attached hydrogens (tertiary/aromatic N) is 5. The van der Waals surface area contributed by atoms with E-state index in [1.807, 2.05) is 13.0 Å². The summed E-state index contributed by atoms with van der Waals surface area (Å²) < 4.78 is 3.91. The zero-order chi connectivity index (χ0) is 13.4. The van der Waals surface area contributed by atoms with Gasteiger partial charge in [0.15, 0.2) is 11.2 Å². The van der Waals surface area contributed by atoms with Crippen molar-refractivity contribution < 1.29 is 0 Å². The van der Waals surface area contributed by atoms with Gasteiger partial charge in [0.25, 0.3) is 5.56 Å².